The summed E-state index contributed by atoms with van der Waals surface area (Å²) < 4.78 is 1.92. The van der Waals surface area contributed by atoms with Crippen molar-refractivity contribution in [2.45, 2.75) is 25.8 Å². The summed E-state index contributed by atoms with van der Waals surface area (Å²) in [7, 11) is 0. The number of para-hydroxylation sites is 1. The van der Waals surface area contributed by atoms with E-state index in [1.54, 1.807) is 0 Å². The molecule has 1 aliphatic heterocycles. The van der Waals surface area contributed by atoms with Crippen LogP contribution in [0.15, 0.2) is 36.4 Å². The second-order valence-electron chi connectivity index (χ2n) is 6.18. The zero-order valence-corrected chi connectivity index (χ0v) is 15.6. The predicted octanol–water partition coefficient (Wildman–Crippen LogP) is 3.30. The van der Waals surface area contributed by atoms with Crippen LogP contribution in [0.2, 0.25) is 0 Å². The Morgan fingerprint density at radius 1 is 1.36 bits per heavy atom. The molecule has 1 aromatic carbocycles. The minimum atomic E-state index is 0. The lowest BCUT2D eigenvalue weighted by molar-refractivity contribution is 0.0935. The van der Waals surface area contributed by atoms with Crippen LogP contribution in [-0.4, -0.2) is 34.8 Å². The Morgan fingerprint density at radius 3 is 2.88 bits per heavy atom. The van der Waals surface area contributed by atoms with E-state index in [9.17, 15) is 4.79 Å². The van der Waals surface area contributed by atoms with Gasteiger partial charge in [0.25, 0.3) is 5.91 Å². The molecular weight excluding hydrogens is 356 g/mol. The number of aromatic nitrogens is 2. The third-order valence-corrected chi connectivity index (χ3v) is 5.51. The molecule has 1 unspecified atom stereocenters. The molecule has 5 nitrogen and oxygen atoms in total. The number of piperidine rings is 1. The molecule has 3 heterocycles. The fourth-order valence-corrected chi connectivity index (χ4v) is 4.22. The van der Waals surface area contributed by atoms with Crippen LogP contribution in [0, 0.1) is 6.92 Å². The van der Waals surface area contributed by atoms with Gasteiger partial charge in [-0.2, -0.15) is 5.10 Å². The highest BCUT2D eigenvalue weighted by atomic mass is 35.5. The van der Waals surface area contributed by atoms with Crippen molar-refractivity contribution < 1.29 is 4.79 Å². The fraction of sp³-hybridized carbons (Fsp3) is 0.333. The Hall–Kier alpha value is -1.89. The number of carbonyl (C=O) groups is 1. The number of amides is 1. The van der Waals surface area contributed by atoms with Crippen LogP contribution in [0.3, 0.4) is 0 Å². The third-order valence-electron chi connectivity index (χ3n) is 4.40. The summed E-state index contributed by atoms with van der Waals surface area (Å²) in [6.45, 7) is 3.88. The highest BCUT2D eigenvalue weighted by molar-refractivity contribution is 7.20. The van der Waals surface area contributed by atoms with E-state index >= 15 is 0 Å². The highest BCUT2D eigenvalue weighted by Crippen LogP contribution is 2.30. The molecule has 2 aromatic heterocycles. The van der Waals surface area contributed by atoms with Crippen molar-refractivity contribution in [3.63, 3.8) is 0 Å². The van der Waals surface area contributed by atoms with E-state index in [0.29, 0.717) is 0 Å². The third kappa shape index (κ3) is 3.56. The molecule has 0 radical (unpaired) electrons. The van der Waals surface area contributed by atoms with Gasteiger partial charge in [0.1, 0.15) is 4.83 Å². The molecule has 1 fully saturated rings. The molecule has 1 saturated heterocycles. The maximum atomic E-state index is 12.6. The Balaban J connectivity index is 0.00000182. The van der Waals surface area contributed by atoms with Gasteiger partial charge in [-0.1, -0.05) is 18.2 Å². The van der Waals surface area contributed by atoms with Gasteiger partial charge in [-0.3, -0.25) is 4.79 Å². The van der Waals surface area contributed by atoms with E-state index in [-0.39, 0.29) is 24.4 Å². The molecule has 0 bridgehead atoms. The lowest BCUT2D eigenvalue weighted by atomic mass is 10.1. The summed E-state index contributed by atoms with van der Waals surface area (Å²) in [6.07, 6.45) is 2.15. The minimum Gasteiger partial charge on any atom is -0.347 e. The number of thiophene rings is 1. The first-order valence-corrected chi connectivity index (χ1v) is 9.10. The van der Waals surface area contributed by atoms with Crippen LogP contribution >= 0.6 is 23.7 Å². The topological polar surface area (TPSA) is 59.0 Å². The second-order valence-corrected chi connectivity index (χ2v) is 7.21. The summed E-state index contributed by atoms with van der Waals surface area (Å²) in [5, 5.41) is 12.1. The van der Waals surface area contributed by atoms with Gasteiger partial charge in [0.2, 0.25) is 0 Å². The van der Waals surface area contributed by atoms with Crippen LogP contribution < -0.4 is 10.6 Å². The highest BCUT2D eigenvalue weighted by Gasteiger charge is 2.20. The van der Waals surface area contributed by atoms with Crippen molar-refractivity contribution in [2.75, 3.05) is 13.1 Å². The number of fused-ring (bicyclic) bond motifs is 1. The number of nitrogens with zero attached hydrogens (tertiary/aromatic N) is 2. The molecule has 4 rings (SSSR count). The molecule has 132 valence electrons. The lowest BCUT2D eigenvalue weighted by Crippen LogP contribution is -2.45. The van der Waals surface area contributed by atoms with Crippen LogP contribution in [0.5, 0.6) is 0 Å². The van der Waals surface area contributed by atoms with Gasteiger partial charge in [-0.25, -0.2) is 4.68 Å². The average Bonchev–Trinajstić information content (AvgIpc) is 3.18. The van der Waals surface area contributed by atoms with Gasteiger partial charge in [0, 0.05) is 18.0 Å². The second kappa shape index (κ2) is 7.56. The number of carbonyl (C=O) groups excluding carboxylic acids is 1. The Kier molecular flexibility index (Phi) is 5.42. The van der Waals surface area contributed by atoms with Gasteiger partial charge in [0.15, 0.2) is 0 Å². The van der Waals surface area contributed by atoms with Gasteiger partial charge < -0.3 is 10.6 Å². The number of rotatable bonds is 3. The Labute approximate surface area is 156 Å². The van der Waals surface area contributed by atoms with Gasteiger partial charge in [-0.05, 0) is 44.5 Å². The predicted molar refractivity (Wildman–Crippen MR) is 104 cm³/mol. The van der Waals surface area contributed by atoms with Crippen molar-refractivity contribution in [1.82, 2.24) is 20.4 Å². The van der Waals surface area contributed by atoms with Crippen LogP contribution in [0.1, 0.15) is 28.2 Å². The fourth-order valence-electron chi connectivity index (χ4n) is 3.13. The van der Waals surface area contributed by atoms with E-state index in [1.807, 2.05) is 48.0 Å². The standard InChI is InChI=1S/C18H20N4OS.ClH/c1-12-15-10-16(17(23)20-13-6-5-9-19-11-13)24-18(15)22(21-12)14-7-3-2-4-8-14;/h2-4,7-8,10,13,19H,5-6,9,11H2,1H3,(H,20,23);1H. The minimum absolute atomic E-state index is 0. The Bertz CT molecular complexity index is 868. The van der Waals surface area contributed by atoms with E-state index in [0.717, 1.165) is 52.4 Å². The molecule has 0 spiro atoms. The molecule has 0 aliphatic carbocycles. The average molecular weight is 377 g/mol. The maximum Gasteiger partial charge on any atom is 0.261 e. The van der Waals surface area contributed by atoms with Crippen molar-refractivity contribution >= 4 is 39.9 Å². The number of hydrogen-bond donors (Lipinski definition) is 2. The number of hydrogen-bond acceptors (Lipinski definition) is 4. The zero-order chi connectivity index (χ0) is 16.5. The summed E-state index contributed by atoms with van der Waals surface area (Å²) >= 11 is 1.50. The van der Waals surface area contributed by atoms with E-state index in [4.69, 9.17) is 0 Å². The Morgan fingerprint density at radius 2 is 2.16 bits per heavy atom. The first-order valence-electron chi connectivity index (χ1n) is 8.28. The summed E-state index contributed by atoms with van der Waals surface area (Å²) in [4.78, 5) is 14.4. The molecule has 1 amide bonds. The largest absolute Gasteiger partial charge is 0.347 e. The molecule has 1 aliphatic rings. The van der Waals surface area contributed by atoms with Crippen LogP contribution in [0.25, 0.3) is 15.9 Å². The number of halogens is 1. The molecule has 25 heavy (non-hydrogen) atoms. The molecular formula is C18H21ClN4OS. The maximum absolute atomic E-state index is 12.6. The van der Waals surface area contributed by atoms with E-state index in [2.05, 4.69) is 15.7 Å². The number of benzene rings is 1. The van der Waals surface area contributed by atoms with Crippen molar-refractivity contribution in [1.29, 1.82) is 0 Å². The van der Waals surface area contributed by atoms with Gasteiger partial charge in [0.05, 0.1) is 16.3 Å². The van der Waals surface area contributed by atoms with Gasteiger partial charge >= 0.3 is 0 Å². The first kappa shape index (κ1) is 17.9. The van der Waals surface area contributed by atoms with E-state index < -0.39 is 0 Å². The normalized spacial score (nSPS) is 17.2. The zero-order valence-electron chi connectivity index (χ0n) is 14.0. The first-order chi connectivity index (χ1) is 11.7. The number of nitrogens with one attached hydrogen (secondary N) is 2. The van der Waals surface area contributed by atoms with Gasteiger partial charge in [-0.15, -0.1) is 23.7 Å². The van der Waals surface area contributed by atoms with Crippen molar-refractivity contribution in [3.05, 3.63) is 47.0 Å². The monoisotopic (exact) mass is 376 g/mol. The number of aryl methyl sites for hydroxylation is 1. The quantitative estimate of drug-likeness (QED) is 0.737. The van der Waals surface area contributed by atoms with E-state index in [1.165, 1.54) is 11.3 Å². The molecule has 2 N–H and O–H groups in total. The lowest BCUT2D eigenvalue weighted by Gasteiger charge is -2.23. The summed E-state index contributed by atoms with van der Waals surface area (Å²) in [5.41, 5.74) is 1.96. The van der Waals surface area contributed by atoms with Crippen LogP contribution in [0.4, 0.5) is 0 Å². The molecule has 7 heteroatoms. The summed E-state index contributed by atoms with van der Waals surface area (Å²) in [5.74, 6) is 0.0175. The smallest absolute Gasteiger partial charge is 0.261 e. The molecule has 3 aromatic rings. The van der Waals surface area contributed by atoms with Crippen molar-refractivity contribution in [2.24, 2.45) is 0 Å². The molecule has 0 saturated carbocycles. The van der Waals surface area contributed by atoms with Crippen molar-refractivity contribution in [3.8, 4) is 5.69 Å². The van der Waals surface area contributed by atoms with Crippen LogP contribution in [-0.2, 0) is 0 Å². The summed E-state index contributed by atoms with van der Waals surface area (Å²) in [6, 6.07) is 12.2. The SMILES string of the molecule is Cc1nn(-c2ccccc2)c2sc(C(=O)NC3CCCNC3)cc12.Cl. The molecule has 1 atom stereocenters.